The van der Waals surface area contributed by atoms with Crippen molar-refractivity contribution in [2.24, 2.45) is 0 Å². The minimum atomic E-state index is -0.855. The minimum Gasteiger partial charge on any atom is -0.395 e. The number of nitrogens with one attached hydrogen (secondary N) is 1. The molecule has 0 aromatic heterocycles. The molecule has 0 rings (SSSR count). The molecule has 0 spiro atoms. The van der Waals surface area contributed by atoms with Gasteiger partial charge in [-0.3, -0.25) is 4.79 Å². The van der Waals surface area contributed by atoms with Crippen molar-refractivity contribution in [2.75, 3.05) is 13.2 Å². The van der Waals surface area contributed by atoms with Crippen LogP contribution in [0.3, 0.4) is 0 Å². The lowest BCUT2D eigenvalue weighted by Crippen LogP contribution is -2.26. The molecule has 0 heterocycles. The van der Waals surface area contributed by atoms with Gasteiger partial charge in [0.25, 0.3) is 0 Å². The molecule has 0 unspecified atom stereocenters. The van der Waals surface area contributed by atoms with Crippen LogP contribution < -0.4 is 5.32 Å². The van der Waals surface area contributed by atoms with Gasteiger partial charge in [0.1, 0.15) is 0 Å². The molecule has 0 aliphatic heterocycles. The first-order valence-corrected chi connectivity index (χ1v) is 10.1. The normalized spacial score (nSPS) is 15.8. The zero-order chi connectivity index (χ0) is 21.0. The predicted molar refractivity (Wildman–Crippen MR) is 113 cm³/mol. The summed E-state index contributed by atoms with van der Waals surface area (Å²) in [6, 6.07) is 0. The summed E-state index contributed by atoms with van der Waals surface area (Å²) in [5.74, 6) is -0.123. The van der Waals surface area contributed by atoms with E-state index in [1.807, 2.05) is 0 Å². The zero-order valence-corrected chi connectivity index (χ0v) is 16.9. The van der Waals surface area contributed by atoms with E-state index in [-0.39, 0.29) is 19.1 Å². The average molecular weight is 396 g/mol. The van der Waals surface area contributed by atoms with Crippen molar-refractivity contribution in [3.8, 4) is 0 Å². The highest BCUT2D eigenvalue weighted by Crippen LogP contribution is 2.07. The summed E-state index contributed by atoms with van der Waals surface area (Å²) < 4.78 is 0. The number of carbonyl (C=O) groups is 1. The third kappa shape index (κ3) is 16.4. The molecule has 1 amide bonds. The number of amides is 1. The van der Waals surface area contributed by atoms with Crippen LogP contribution in [0.4, 0.5) is 0 Å². The van der Waals surface area contributed by atoms with Gasteiger partial charge in [0, 0.05) is 13.0 Å². The standard InChI is InChI=1S/C22H37NO5/c1-2-3-8-14-20(26)21(27)15-10-7-5-4-6-9-12-19(25)13-11-16-22(28)23-17-18-24/h4-7,9-10,12,15,19-21,24-27H,2-3,8,11,13-14,16-18H2,1H3,(H,23,28)/b6-4-,7-5+,12-9+,15-10+/t19-,20+,21-/m1/s1. The molecule has 160 valence electrons. The van der Waals surface area contributed by atoms with Crippen molar-refractivity contribution in [3.63, 3.8) is 0 Å². The molecule has 0 bridgehead atoms. The number of allylic oxidation sites excluding steroid dienone is 6. The fourth-order valence-electron chi connectivity index (χ4n) is 2.38. The van der Waals surface area contributed by atoms with Gasteiger partial charge in [0.05, 0.1) is 24.9 Å². The van der Waals surface area contributed by atoms with Gasteiger partial charge in [0.15, 0.2) is 0 Å². The first-order chi connectivity index (χ1) is 13.5. The number of rotatable bonds is 16. The van der Waals surface area contributed by atoms with Crippen LogP contribution in [0.2, 0.25) is 0 Å². The van der Waals surface area contributed by atoms with Crippen LogP contribution in [0, 0.1) is 0 Å². The molecule has 28 heavy (non-hydrogen) atoms. The molecule has 5 N–H and O–H groups in total. The van der Waals surface area contributed by atoms with Crippen molar-refractivity contribution in [1.29, 1.82) is 0 Å². The highest BCUT2D eigenvalue weighted by atomic mass is 16.3. The molecule has 6 heteroatoms. The highest BCUT2D eigenvalue weighted by Gasteiger charge is 2.11. The van der Waals surface area contributed by atoms with Gasteiger partial charge >= 0.3 is 0 Å². The summed E-state index contributed by atoms with van der Waals surface area (Å²) in [7, 11) is 0. The van der Waals surface area contributed by atoms with E-state index in [0.29, 0.717) is 25.7 Å². The van der Waals surface area contributed by atoms with Crippen LogP contribution in [0.25, 0.3) is 0 Å². The van der Waals surface area contributed by atoms with Gasteiger partial charge in [-0.2, -0.15) is 0 Å². The topological polar surface area (TPSA) is 110 Å². The lowest BCUT2D eigenvalue weighted by atomic mass is 10.1. The van der Waals surface area contributed by atoms with Gasteiger partial charge < -0.3 is 25.7 Å². The first-order valence-electron chi connectivity index (χ1n) is 10.1. The Kier molecular flexibility index (Phi) is 17.5. The maximum atomic E-state index is 11.3. The SMILES string of the molecule is CCCCC[C@H](O)[C@H](O)/C=C/C=C/C=C\C=C\[C@@H](O)CCCC(=O)NCCO. The van der Waals surface area contributed by atoms with E-state index in [0.717, 1.165) is 19.3 Å². The monoisotopic (exact) mass is 395 g/mol. The van der Waals surface area contributed by atoms with Gasteiger partial charge in [-0.15, -0.1) is 0 Å². The summed E-state index contributed by atoms with van der Waals surface area (Å²) >= 11 is 0. The molecule has 0 radical (unpaired) electrons. The van der Waals surface area contributed by atoms with Gasteiger partial charge in [-0.1, -0.05) is 74.8 Å². The number of hydrogen-bond acceptors (Lipinski definition) is 5. The van der Waals surface area contributed by atoms with Crippen molar-refractivity contribution >= 4 is 5.91 Å². The van der Waals surface area contributed by atoms with E-state index in [1.165, 1.54) is 0 Å². The summed E-state index contributed by atoms with van der Waals surface area (Å²) in [6.07, 6.45) is 16.6. The molecular weight excluding hydrogens is 358 g/mol. The molecule has 3 atom stereocenters. The van der Waals surface area contributed by atoms with Gasteiger partial charge in [0.2, 0.25) is 5.91 Å². The molecule has 0 aromatic rings. The highest BCUT2D eigenvalue weighted by molar-refractivity contribution is 5.75. The van der Waals surface area contributed by atoms with E-state index in [9.17, 15) is 20.1 Å². The Morgan fingerprint density at radius 2 is 1.54 bits per heavy atom. The minimum absolute atomic E-state index is 0.0741. The fourth-order valence-corrected chi connectivity index (χ4v) is 2.38. The molecule has 0 aromatic carbocycles. The summed E-state index contributed by atoms with van der Waals surface area (Å²) in [5.41, 5.74) is 0. The molecule has 0 saturated carbocycles. The largest absolute Gasteiger partial charge is 0.395 e. The maximum absolute atomic E-state index is 11.3. The second kappa shape index (κ2) is 18.6. The van der Waals surface area contributed by atoms with Crippen LogP contribution >= 0.6 is 0 Å². The molecule has 6 nitrogen and oxygen atoms in total. The number of aliphatic hydroxyl groups is 4. The van der Waals surface area contributed by atoms with E-state index in [4.69, 9.17) is 5.11 Å². The van der Waals surface area contributed by atoms with Crippen molar-refractivity contribution in [3.05, 3.63) is 48.6 Å². The van der Waals surface area contributed by atoms with E-state index >= 15 is 0 Å². The Bertz CT molecular complexity index is 499. The van der Waals surface area contributed by atoms with Crippen molar-refractivity contribution < 1.29 is 25.2 Å². The Balaban J connectivity index is 3.94. The molecule has 0 aliphatic carbocycles. The van der Waals surface area contributed by atoms with Crippen molar-refractivity contribution in [2.45, 2.75) is 70.2 Å². The van der Waals surface area contributed by atoms with Gasteiger partial charge in [-0.25, -0.2) is 0 Å². The van der Waals surface area contributed by atoms with Crippen LogP contribution in [0.5, 0.6) is 0 Å². The van der Waals surface area contributed by atoms with Crippen LogP contribution in [0.15, 0.2) is 48.6 Å². The number of hydrogen-bond donors (Lipinski definition) is 5. The average Bonchev–Trinajstić information content (AvgIpc) is 2.68. The molecular formula is C22H37NO5. The summed E-state index contributed by atoms with van der Waals surface area (Å²) in [5, 5.41) is 40.6. The van der Waals surface area contributed by atoms with E-state index < -0.39 is 18.3 Å². The third-order valence-corrected chi connectivity index (χ3v) is 4.03. The maximum Gasteiger partial charge on any atom is 0.220 e. The summed E-state index contributed by atoms with van der Waals surface area (Å²) in [4.78, 5) is 11.3. The smallest absolute Gasteiger partial charge is 0.220 e. The lowest BCUT2D eigenvalue weighted by molar-refractivity contribution is -0.121. The fraction of sp³-hybridized carbons (Fsp3) is 0.591. The zero-order valence-electron chi connectivity index (χ0n) is 16.9. The van der Waals surface area contributed by atoms with Crippen LogP contribution in [0.1, 0.15) is 51.9 Å². The number of unbranched alkanes of at least 4 members (excludes halogenated alkanes) is 2. The Morgan fingerprint density at radius 3 is 2.18 bits per heavy atom. The molecule has 0 aliphatic rings. The Labute approximate surface area is 169 Å². The van der Waals surface area contributed by atoms with Crippen LogP contribution in [-0.4, -0.2) is 57.8 Å². The number of aliphatic hydroxyl groups excluding tert-OH is 4. The lowest BCUT2D eigenvalue weighted by Gasteiger charge is -2.13. The second-order valence-corrected chi connectivity index (χ2v) is 6.63. The van der Waals surface area contributed by atoms with Gasteiger partial charge in [-0.05, 0) is 19.3 Å². The molecule has 0 fully saturated rings. The third-order valence-electron chi connectivity index (χ3n) is 4.03. The first kappa shape index (κ1) is 26.3. The second-order valence-electron chi connectivity index (χ2n) is 6.63. The predicted octanol–water partition coefficient (Wildman–Crippen LogP) is 2.15. The quantitative estimate of drug-likeness (QED) is 0.203. The Hall–Kier alpha value is -1.73. The Morgan fingerprint density at radius 1 is 0.893 bits per heavy atom. The molecule has 0 saturated heterocycles. The van der Waals surface area contributed by atoms with E-state index in [1.54, 1.807) is 48.6 Å². The summed E-state index contributed by atoms with van der Waals surface area (Å²) in [6.45, 7) is 2.28. The van der Waals surface area contributed by atoms with E-state index in [2.05, 4.69) is 12.2 Å². The van der Waals surface area contributed by atoms with Crippen molar-refractivity contribution in [1.82, 2.24) is 5.32 Å². The number of carbonyl (C=O) groups excluding carboxylic acids is 1. The van der Waals surface area contributed by atoms with Crippen LogP contribution in [-0.2, 0) is 4.79 Å².